The number of rotatable bonds is 17. The van der Waals surface area contributed by atoms with Crippen LogP contribution in [-0.4, -0.2) is 26.1 Å². The van der Waals surface area contributed by atoms with Gasteiger partial charge in [-0.05, 0) is 30.7 Å². The summed E-state index contributed by atoms with van der Waals surface area (Å²) in [5.74, 6) is -0.145. The smallest absolute Gasteiger partial charge is 0.335 e. The zero-order valence-electron chi connectivity index (χ0n) is 18.7. The van der Waals surface area contributed by atoms with E-state index in [-0.39, 0.29) is 0 Å². The average molecular weight is 498 g/mol. The number of hydrogen-bond acceptors (Lipinski definition) is 4. The van der Waals surface area contributed by atoms with Crippen LogP contribution in [0.2, 0.25) is 0 Å². The lowest BCUT2D eigenvalue weighted by atomic mass is 10.0. The molecule has 0 atom stereocenters. The van der Waals surface area contributed by atoms with Crippen molar-refractivity contribution in [1.29, 1.82) is 0 Å². The van der Waals surface area contributed by atoms with E-state index in [2.05, 4.69) is 28.3 Å². The van der Waals surface area contributed by atoms with Crippen LogP contribution in [-0.2, 0) is 8.26 Å². The predicted octanol–water partition coefficient (Wildman–Crippen LogP) is 7.95. The van der Waals surface area contributed by atoms with Crippen LogP contribution in [0.25, 0.3) is 0 Å². The molecule has 5 nitrogen and oxygen atoms in total. The molecule has 0 heterocycles. The van der Waals surface area contributed by atoms with Gasteiger partial charge in [0.25, 0.3) is 0 Å². The lowest BCUT2D eigenvalue weighted by Crippen LogP contribution is -1.99. The minimum atomic E-state index is -3.72. The molecule has 0 bridgehead atoms. The average Bonchev–Trinajstić information content (AvgIpc) is 2.70. The Morgan fingerprint density at radius 3 is 1.48 bits per heavy atom. The highest BCUT2D eigenvalue weighted by Gasteiger charge is 2.02. The van der Waals surface area contributed by atoms with E-state index in [0.29, 0.717) is 12.2 Å². The van der Waals surface area contributed by atoms with Gasteiger partial charge in [-0.2, -0.15) is 8.42 Å². The summed E-state index contributed by atoms with van der Waals surface area (Å²) in [6.07, 6.45) is 18.9. The fraction of sp³-hybridized carbons (Fsp3) is 0.696. The number of halogens is 2. The molecule has 0 unspecified atom stereocenters. The minimum absolute atomic E-state index is 0.300. The van der Waals surface area contributed by atoms with Crippen LogP contribution >= 0.6 is 21.4 Å². The molecule has 1 rings (SSSR count). The fourth-order valence-electron chi connectivity index (χ4n) is 3.18. The maximum atomic E-state index is 10.8. The van der Waals surface area contributed by atoms with E-state index in [0.717, 1.165) is 12.2 Å². The SMILES string of the molecule is CCCCCCCCCCCCCCCCOc1ccc(C(=O)O)cc1.O=S(=O)(Cl)Cl. The van der Waals surface area contributed by atoms with Gasteiger partial charge >= 0.3 is 14.2 Å². The van der Waals surface area contributed by atoms with Crippen LogP contribution in [0.5, 0.6) is 5.75 Å². The number of aromatic carboxylic acids is 1. The Hall–Kier alpha value is -0.980. The highest BCUT2D eigenvalue weighted by atomic mass is 36.0. The number of unbranched alkanes of at least 4 members (excludes halogenated alkanes) is 13. The third-order valence-electron chi connectivity index (χ3n) is 4.87. The molecule has 8 heteroatoms. The van der Waals surface area contributed by atoms with E-state index in [1.165, 1.54) is 83.5 Å². The number of ether oxygens (including phenoxy) is 1. The first-order valence-electron chi connectivity index (χ1n) is 11.3. The highest BCUT2D eigenvalue weighted by molar-refractivity contribution is 8.31. The maximum Gasteiger partial charge on any atom is 0.335 e. The van der Waals surface area contributed by atoms with Crippen LogP contribution in [0.3, 0.4) is 0 Å². The van der Waals surface area contributed by atoms with Gasteiger partial charge in [-0.15, -0.1) is 0 Å². The van der Waals surface area contributed by atoms with Crippen molar-refractivity contribution in [2.24, 2.45) is 0 Å². The Morgan fingerprint density at radius 1 is 0.774 bits per heavy atom. The molecular weight excluding hydrogens is 459 g/mol. The molecule has 31 heavy (non-hydrogen) atoms. The molecule has 1 N–H and O–H groups in total. The van der Waals surface area contributed by atoms with Gasteiger partial charge in [-0.25, -0.2) is 4.79 Å². The van der Waals surface area contributed by atoms with Gasteiger partial charge in [0.2, 0.25) is 0 Å². The van der Waals surface area contributed by atoms with E-state index >= 15 is 0 Å². The molecule has 0 radical (unpaired) electrons. The molecule has 0 aliphatic heterocycles. The summed E-state index contributed by atoms with van der Waals surface area (Å²) in [5.41, 5.74) is 0.300. The van der Waals surface area contributed by atoms with Crippen molar-refractivity contribution in [2.75, 3.05) is 6.61 Å². The van der Waals surface area contributed by atoms with Gasteiger partial charge in [0.15, 0.2) is 0 Å². The Balaban J connectivity index is 0.00000161. The van der Waals surface area contributed by atoms with E-state index in [1.807, 2.05) is 0 Å². The van der Waals surface area contributed by atoms with Gasteiger partial charge < -0.3 is 9.84 Å². The number of carboxylic acid groups (broad SMARTS) is 1. The molecule has 0 aliphatic carbocycles. The highest BCUT2D eigenvalue weighted by Crippen LogP contribution is 2.15. The van der Waals surface area contributed by atoms with Crippen molar-refractivity contribution < 1.29 is 23.1 Å². The van der Waals surface area contributed by atoms with Crippen molar-refractivity contribution in [1.82, 2.24) is 0 Å². The van der Waals surface area contributed by atoms with E-state index in [9.17, 15) is 4.79 Å². The van der Waals surface area contributed by atoms with Gasteiger partial charge in [-0.1, -0.05) is 90.4 Å². The third-order valence-corrected chi connectivity index (χ3v) is 4.87. The molecule has 0 amide bonds. The molecule has 0 fully saturated rings. The summed E-state index contributed by atoms with van der Waals surface area (Å²) in [4.78, 5) is 10.8. The van der Waals surface area contributed by atoms with Crippen LogP contribution in [0.1, 0.15) is 107 Å². The van der Waals surface area contributed by atoms with E-state index in [1.54, 1.807) is 24.3 Å². The second-order valence-electron chi connectivity index (χ2n) is 7.65. The predicted molar refractivity (Wildman–Crippen MR) is 130 cm³/mol. The zero-order valence-corrected chi connectivity index (χ0v) is 21.0. The molecule has 0 aromatic heterocycles. The monoisotopic (exact) mass is 496 g/mol. The summed E-state index contributed by atoms with van der Waals surface area (Å²) < 4.78 is 24.0. The van der Waals surface area contributed by atoms with Crippen LogP contribution in [0.4, 0.5) is 0 Å². The largest absolute Gasteiger partial charge is 0.494 e. The van der Waals surface area contributed by atoms with E-state index < -0.39 is 14.2 Å². The summed E-state index contributed by atoms with van der Waals surface area (Å²) in [6.45, 7) is 2.99. The van der Waals surface area contributed by atoms with Crippen molar-refractivity contribution >= 4 is 35.6 Å². The van der Waals surface area contributed by atoms with Crippen molar-refractivity contribution in [3.8, 4) is 5.75 Å². The van der Waals surface area contributed by atoms with Gasteiger partial charge in [0.05, 0.1) is 12.2 Å². The number of carbonyl (C=O) groups is 1. The Bertz CT molecular complexity index is 655. The summed E-state index contributed by atoms with van der Waals surface area (Å²) in [7, 11) is 4.81. The number of hydrogen-bond donors (Lipinski definition) is 1. The summed E-state index contributed by atoms with van der Waals surface area (Å²) in [5, 5.41) is 8.85. The molecule has 0 spiro atoms. The quantitative estimate of drug-likeness (QED) is 0.174. The molecule has 0 aliphatic rings. The van der Waals surface area contributed by atoms with Crippen molar-refractivity contribution in [3.05, 3.63) is 29.8 Å². The van der Waals surface area contributed by atoms with E-state index in [4.69, 9.17) is 18.3 Å². The number of benzene rings is 1. The second-order valence-corrected chi connectivity index (χ2v) is 11.3. The summed E-state index contributed by atoms with van der Waals surface area (Å²) >= 11 is 0. The molecule has 1 aromatic rings. The van der Waals surface area contributed by atoms with Crippen molar-refractivity contribution in [2.45, 2.75) is 96.8 Å². The van der Waals surface area contributed by atoms with Crippen LogP contribution in [0.15, 0.2) is 24.3 Å². The third kappa shape index (κ3) is 23.5. The molecule has 0 saturated heterocycles. The van der Waals surface area contributed by atoms with Gasteiger partial charge in [0.1, 0.15) is 5.75 Å². The first-order valence-corrected chi connectivity index (χ1v) is 14.5. The molecule has 180 valence electrons. The normalized spacial score (nSPS) is 10.9. The van der Waals surface area contributed by atoms with Crippen LogP contribution in [0, 0.1) is 0 Å². The Morgan fingerprint density at radius 2 is 1.13 bits per heavy atom. The van der Waals surface area contributed by atoms with Gasteiger partial charge in [0, 0.05) is 21.4 Å². The zero-order chi connectivity index (χ0) is 23.4. The minimum Gasteiger partial charge on any atom is -0.494 e. The molecule has 1 aromatic carbocycles. The summed E-state index contributed by atoms with van der Waals surface area (Å²) in [6, 6.07) is 6.63. The molecular formula is C23H38Cl2O5S. The maximum absolute atomic E-state index is 10.8. The molecule has 0 saturated carbocycles. The fourth-order valence-corrected chi connectivity index (χ4v) is 3.18. The van der Waals surface area contributed by atoms with Crippen molar-refractivity contribution in [3.63, 3.8) is 0 Å². The number of carboxylic acids is 1. The lowest BCUT2D eigenvalue weighted by Gasteiger charge is -2.06. The first kappa shape index (κ1) is 30.0. The van der Waals surface area contributed by atoms with Gasteiger partial charge in [-0.3, -0.25) is 0 Å². The van der Waals surface area contributed by atoms with Crippen LogP contribution < -0.4 is 4.74 Å². The Kier molecular flexibility index (Phi) is 19.1. The first-order chi connectivity index (χ1) is 14.7. The standard InChI is InChI=1S/C23H38O3.Cl2O2S/c1-2-3-4-5-6-7-8-9-10-11-12-13-14-15-20-26-22-18-16-21(17-19-22)23(24)25;1-5(2,3)4/h16-19H,2-15,20H2,1H3,(H,24,25);. The lowest BCUT2D eigenvalue weighted by molar-refractivity contribution is 0.0697. The topological polar surface area (TPSA) is 80.7 Å². The second kappa shape index (κ2) is 19.7. The Labute approximate surface area is 197 Å².